The van der Waals surface area contributed by atoms with Gasteiger partial charge in [-0.15, -0.1) is 11.3 Å². The lowest BCUT2D eigenvalue weighted by Gasteiger charge is -2.22. The third-order valence-corrected chi connectivity index (χ3v) is 5.88. The van der Waals surface area contributed by atoms with E-state index in [1.807, 2.05) is 91.0 Å². The van der Waals surface area contributed by atoms with Gasteiger partial charge in [-0.1, -0.05) is 66.7 Å². The van der Waals surface area contributed by atoms with E-state index in [0.29, 0.717) is 18.7 Å². The van der Waals surface area contributed by atoms with Crippen LogP contribution in [0.4, 0.5) is 0 Å². The molecule has 0 bridgehead atoms. The SMILES string of the molecule is CN(C)C[C@H](NC(=O)c1cn(Cc2ccccc2)nc1-c1cccs1)c1ccccc1. The van der Waals surface area contributed by atoms with Crippen LogP contribution < -0.4 is 5.32 Å². The highest BCUT2D eigenvalue weighted by Crippen LogP contribution is 2.27. The molecular weight excluding hydrogens is 404 g/mol. The molecule has 31 heavy (non-hydrogen) atoms. The predicted octanol–water partition coefficient (Wildman–Crippen LogP) is 4.69. The Balaban J connectivity index is 1.64. The number of carbonyl (C=O) groups excluding carboxylic acids is 1. The summed E-state index contributed by atoms with van der Waals surface area (Å²) >= 11 is 1.59. The number of rotatable bonds is 8. The van der Waals surface area contributed by atoms with Crippen LogP contribution in [-0.2, 0) is 6.54 Å². The molecule has 4 rings (SSSR count). The van der Waals surface area contributed by atoms with Crippen molar-refractivity contribution in [3.63, 3.8) is 0 Å². The second-order valence-corrected chi connectivity index (χ2v) is 8.70. The summed E-state index contributed by atoms with van der Waals surface area (Å²) in [6, 6.07) is 24.1. The minimum absolute atomic E-state index is 0.113. The molecule has 0 unspecified atom stereocenters. The average molecular weight is 431 g/mol. The van der Waals surface area contributed by atoms with Crippen molar-refractivity contribution in [1.82, 2.24) is 20.0 Å². The third-order valence-electron chi connectivity index (χ3n) is 5.00. The quantitative estimate of drug-likeness (QED) is 0.441. The van der Waals surface area contributed by atoms with Crippen LogP contribution >= 0.6 is 11.3 Å². The van der Waals surface area contributed by atoms with Gasteiger partial charge in [0.2, 0.25) is 0 Å². The van der Waals surface area contributed by atoms with Gasteiger partial charge in [0, 0.05) is 12.7 Å². The van der Waals surface area contributed by atoms with Crippen molar-refractivity contribution in [1.29, 1.82) is 0 Å². The molecule has 1 amide bonds. The van der Waals surface area contributed by atoms with Gasteiger partial charge in [-0.05, 0) is 36.7 Å². The Labute approximate surface area is 187 Å². The molecule has 1 atom stereocenters. The van der Waals surface area contributed by atoms with Gasteiger partial charge in [-0.25, -0.2) is 0 Å². The van der Waals surface area contributed by atoms with Crippen molar-refractivity contribution in [3.05, 3.63) is 101 Å². The number of aromatic nitrogens is 2. The van der Waals surface area contributed by atoms with Gasteiger partial charge < -0.3 is 10.2 Å². The molecule has 0 aliphatic rings. The van der Waals surface area contributed by atoms with Crippen LogP contribution in [0.3, 0.4) is 0 Å². The number of nitrogens with one attached hydrogen (secondary N) is 1. The van der Waals surface area contributed by atoms with E-state index in [0.717, 1.165) is 21.7 Å². The molecule has 0 radical (unpaired) electrons. The van der Waals surface area contributed by atoms with Crippen molar-refractivity contribution in [2.24, 2.45) is 0 Å². The highest BCUT2D eigenvalue weighted by Gasteiger charge is 2.22. The molecule has 0 saturated heterocycles. The Hall–Kier alpha value is -3.22. The van der Waals surface area contributed by atoms with Gasteiger partial charge in [0.1, 0.15) is 5.69 Å². The number of carbonyl (C=O) groups is 1. The summed E-state index contributed by atoms with van der Waals surface area (Å²) in [4.78, 5) is 16.5. The summed E-state index contributed by atoms with van der Waals surface area (Å²) in [5.74, 6) is -0.113. The zero-order chi connectivity index (χ0) is 21.6. The first-order valence-electron chi connectivity index (χ1n) is 10.3. The topological polar surface area (TPSA) is 50.2 Å². The molecule has 5 nitrogen and oxygen atoms in total. The van der Waals surface area contributed by atoms with Gasteiger partial charge >= 0.3 is 0 Å². The molecule has 2 aromatic carbocycles. The first-order chi connectivity index (χ1) is 15.1. The van der Waals surface area contributed by atoms with E-state index >= 15 is 0 Å². The molecule has 0 saturated carbocycles. The van der Waals surface area contributed by atoms with Crippen molar-refractivity contribution >= 4 is 17.2 Å². The van der Waals surface area contributed by atoms with Crippen LogP contribution in [0.5, 0.6) is 0 Å². The van der Waals surface area contributed by atoms with Crippen LogP contribution in [0, 0.1) is 0 Å². The Morgan fingerprint density at radius 1 is 1.03 bits per heavy atom. The number of hydrogen-bond acceptors (Lipinski definition) is 4. The van der Waals surface area contributed by atoms with E-state index in [4.69, 9.17) is 5.10 Å². The summed E-state index contributed by atoms with van der Waals surface area (Å²) < 4.78 is 1.85. The molecule has 158 valence electrons. The Morgan fingerprint density at radius 3 is 2.39 bits per heavy atom. The molecule has 0 aliphatic heterocycles. The molecule has 2 heterocycles. The lowest BCUT2D eigenvalue weighted by atomic mass is 10.1. The van der Waals surface area contributed by atoms with Crippen molar-refractivity contribution in [2.75, 3.05) is 20.6 Å². The lowest BCUT2D eigenvalue weighted by Crippen LogP contribution is -2.35. The molecule has 0 spiro atoms. The second kappa shape index (κ2) is 9.73. The highest BCUT2D eigenvalue weighted by atomic mass is 32.1. The van der Waals surface area contributed by atoms with Crippen molar-refractivity contribution in [3.8, 4) is 10.6 Å². The smallest absolute Gasteiger partial charge is 0.255 e. The highest BCUT2D eigenvalue weighted by molar-refractivity contribution is 7.13. The molecule has 0 fully saturated rings. The van der Waals surface area contributed by atoms with E-state index in [1.165, 1.54) is 0 Å². The Morgan fingerprint density at radius 2 is 1.74 bits per heavy atom. The fraction of sp³-hybridized carbons (Fsp3) is 0.200. The summed E-state index contributed by atoms with van der Waals surface area (Å²) in [5, 5.41) is 10.0. The zero-order valence-electron chi connectivity index (χ0n) is 17.7. The predicted molar refractivity (Wildman–Crippen MR) is 126 cm³/mol. The van der Waals surface area contributed by atoms with Gasteiger partial charge in [-0.2, -0.15) is 5.10 Å². The summed E-state index contributed by atoms with van der Waals surface area (Å²) in [5.41, 5.74) is 3.54. The van der Waals surface area contributed by atoms with Crippen LogP contribution in [0.1, 0.15) is 27.5 Å². The maximum atomic E-state index is 13.4. The Kier molecular flexibility index (Phi) is 6.60. The van der Waals surface area contributed by atoms with Gasteiger partial charge in [0.05, 0.1) is 23.0 Å². The minimum atomic E-state index is -0.114. The third kappa shape index (κ3) is 5.29. The normalized spacial score (nSPS) is 12.1. The largest absolute Gasteiger partial charge is 0.344 e. The monoisotopic (exact) mass is 430 g/mol. The van der Waals surface area contributed by atoms with Crippen LogP contribution in [0.15, 0.2) is 84.4 Å². The fourth-order valence-electron chi connectivity index (χ4n) is 3.56. The average Bonchev–Trinajstić information content (AvgIpc) is 3.44. The number of nitrogens with zero attached hydrogens (tertiary/aromatic N) is 3. The van der Waals surface area contributed by atoms with E-state index in [-0.39, 0.29) is 11.9 Å². The van der Waals surface area contributed by atoms with E-state index in [9.17, 15) is 4.79 Å². The van der Waals surface area contributed by atoms with Crippen molar-refractivity contribution < 1.29 is 4.79 Å². The van der Waals surface area contributed by atoms with Crippen LogP contribution in [0.25, 0.3) is 10.6 Å². The molecule has 0 aliphatic carbocycles. The number of likely N-dealkylation sites (N-methyl/N-ethyl adjacent to an activating group) is 1. The van der Waals surface area contributed by atoms with Gasteiger partial charge in [0.15, 0.2) is 0 Å². The second-order valence-electron chi connectivity index (χ2n) is 7.75. The summed E-state index contributed by atoms with van der Waals surface area (Å²) in [7, 11) is 4.02. The number of hydrogen-bond donors (Lipinski definition) is 1. The van der Waals surface area contributed by atoms with Gasteiger partial charge in [0.25, 0.3) is 5.91 Å². The molecular formula is C25H26N4OS. The maximum Gasteiger partial charge on any atom is 0.255 e. The van der Waals surface area contributed by atoms with Crippen LogP contribution in [-0.4, -0.2) is 41.2 Å². The first-order valence-corrected chi connectivity index (χ1v) is 11.1. The first kappa shape index (κ1) is 21.0. The maximum absolute atomic E-state index is 13.4. The molecule has 1 N–H and O–H groups in total. The summed E-state index contributed by atoms with van der Waals surface area (Å²) in [6.45, 7) is 1.33. The van der Waals surface area contributed by atoms with E-state index in [1.54, 1.807) is 11.3 Å². The minimum Gasteiger partial charge on any atom is -0.344 e. The lowest BCUT2D eigenvalue weighted by molar-refractivity contribution is 0.0930. The number of amides is 1. The fourth-order valence-corrected chi connectivity index (χ4v) is 4.28. The van der Waals surface area contributed by atoms with Crippen LogP contribution in [0.2, 0.25) is 0 Å². The van der Waals surface area contributed by atoms with Gasteiger partial charge in [-0.3, -0.25) is 9.48 Å². The number of thiophene rings is 1. The standard InChI is InChI=1S/C25H26N4OS/c1-28(2)18-22(20-12-7-4-8-13-20)26-25(30)21-17-29(16-19-10-5-3-6-11-19)27-24(21)23-14-9-15-31-23/h3-15,17,22H,16,18H2,1-2H3,(H,26,30)/t22-/m0/s1. The number of benzene rings is 2. The molecule has 4 aromatic rings. The molecule has 6 heteroatoms. The van der Waals surface area contributed by atoms with Crippen molar-refractivity contribution in [2.45, 2.75) is 12.6 Å². The van der Waals surface area contributed by atoms with E-state index in [2.05, 4.69) is 22.3 Å². The summed E-state index contributed by atoms with van der Waals surface area (Å²) in [6.07, 6.45) is 1.86. The zero-order valence-corrected chi connectivity index (χ0v) is 18.5. The van der Waals surface area contributed by atoms with E-state index < -0.39 is 0 Å². The Bertz CT molecular complexity index is 1110. The molecule has 2 aromatic heterocycles.